The zero-order valence-electron chi connectivity index (χ0n) is 22.0. The molecule has 4 atom stereocenters. The minimum absolute atomic E-state index is 0.104. The number of ether oxygens (including phenoxy) is 3. The van der Waals surface area contributed by atoms with Gasteiger partial charge in [0.15, 0.2) is 6.61 Å². The van der Waals surface area contributed by atoms with E-state index in [1.165, 1.54) is 0 Å². The van der Waals surface area contributed by atoms with Gasteiger partial charge in [-0.2, -0.15) is 0 Å². The molecule has 1 aliphatic carbocycles. The molecule has 200 valence electrons. The van der Waals surface area contributed by atoms with E-state index in [0.29, 0.717) is 24.5 Å². The lowest BCUT2D eigenvalue weighted by Crippen LogP contribution is -2.59. The van der Waals surface area contributed by atoms with E-state index in [-0.39, 0.29) is 31.7 Å². The minimum atomic E-state index is -1.24. The van der Waals surface area contributed by atoms with Crippen LogP contribution in [0.25, 0.3) is 0 Å². The number of rotatable bonds is 14. The zero-order valence-corrected chi connectivity index (χ0v) is 22.0. The molecule has 7 heteroatoms. The molecule has 0 radical (unpaired) electrons. The first-order valence-corrected chi connectivity index (χ1v) is 12.9. The molecule has 0 heterocycles. The Hall–Kier alpha value is -3.13. The Kier molecular flexibility index (Phi) is 10.7. The van der Waals surface area contributed by atoms with Crippen molar-refractivity contribution < 1.29 is 29.2 Å². The number of carbonyl (C=O) groups excluding carboxylic acids is 1. The van der Waals surface area contributed by atoms with Crippen LogP contribution in [0.3, 0.4) is 0 Å². The quantitative estimate of drug-likeness (QED) is 0.292. The summed E-state index contributed by atoms with van der Waals surface area (Å²) >= 11 is 0. The van der Waals surface area contributed by atoms with Crippen LogP contribution in [-0.4, -0.2) is 65.3 Å². The molecule has 7 nitrogen and oxygen atoms in total. The number of aliphatic hydroxyl groups excluding tert-OH is 1. The van der Waals surface area contributed by atoms with Gasteiger partial charge in [-0.3, -0.25) is 4.90 Å². The Labute approximate surface area is 220 Å². The Morgan fingerprint density at radius 3 is 2.41 bits per heavy atom. The lowest BCUT2D eigenvalue weighted by atomic mass is 9.85. The van der Waals surface area contributed by atoms with E-state index in [0.717, 1.165) is 12.0 Å². The molecule has 1 unspecified atom stereocenters. The smallest absolute Gasteiger partial charge is 0.344 e. The first-order chi connectivity index (χ1) is 17.9. The van der Waals surface area contributed by atoms with Gasteiger partial charge in [-0.1, -0.05) is 55.5 Å². The molecular formula is C30H39NO6. The van der Waals surface area contributed by atoms with Gasteiger partial charge in [-0.25, -0.2) is 4.79 Å². The molecule has 2 N–H and O–H groups in total. The fourth-order valence-corrected chi connectivity index (χ4v) is 4.59. The normalized spacial score (nSPS) is 20.4. The lowest BCUT2D eigenvalue weighted by molar-refractivity contribution is -0.145. The van der Waals surface area contributed by atoms with Crippen LogP contribution in [-0.2, 0) is 16.0 Å². The standard InChI is InChI=1S/C30H39NO6/c1-4-25-11-9-10-18-30(25,34)31(20-26(32)21-36-27-12-7-6-8-13-27)23(3)19-24-14-16-28(17-15-24)37-22-29(33)35-5-2/h6-18,23,25-26,32,34H,4-5,19-22H2,1-3H3/t23-,25-,26+,30?/m1/s1. The van der Waals surface area contributed by atoms with E-state index >= 15 is 0 Å². The van der Waals surface area contributed by atoms with Crippen LogP contribution < -0.4 is 9.47 Å². The summed E-state index contributed by atoms with van der Waals surface area (Å²) in [5, 5.41) is 22.8. The first-order valence-electron chi connectivity index (χ1n) is 12.9. The highest BCUT2D eigenvalue weighted by Crippen LogP contribution is 2.33. The van der Waals surface area contributed by atoms with Crippen LogP contribution in [0.1, 0.15) is 32.8 Å². The fraction of sp³-hybridized carbons (Fsp3) is 0.433. The molecule has 0 bridgehead atoms. The molecule has 2 aromatic rings. The van der Waals surface area contributed by atoms with E-state index < -0.39 is 17.8 Å². The van der Waals surface area contributed by atoms with E-state index in [4.69, 9.17) is 14.2 Å². The predicted octanol–water partition coefficient (Wildman–Crippen LogP) is 4.14. The second kappa shape index (κ2) is 14.0. The van der Waals surface area contributed by atoms with Crippen molar-refractivity contribution in [1.29, 1.82) is 0 Å². The van der Waals surface area contributed by atoms with Gasteiger partial charge < -0.3 is 24.4 Å². The summed E-state index contributed by atoms with van der Waals surface area (Å²) in [6, 6.07) is 16.8. The summed E-state index contributed by atoms with van der Waals surface area (Å²) in [7, 11) is 0. The number of nitrogens with zero attached hydrogens (tertiary/aromatic N) is 1. The highest BCUT2D eigenvalue weighted by atomic mass is 16.6. The maximum absolute atomic E-state index is 11.9. The Bertz CT molecular complexity index is 1020. The molecule has 37 heavy (non-hydrogen) atoms. The van der Waals surface area contributed by atoms with E-state index in [9.17, 15) is 15.0 Å². The average Bonchev–Trinajstić information content (AvgIpc) is 2.91. The number of benzene rings is 2. The molecule has 0 fully saturated rings. The third kappa shape index (κ3) is 8.18. The largest absolute Gasteiger partial charge is 0.491 e. The molecule has 0 aromatic heterocycles. The molecule has 0 aliphatic heterocycles. The summed E-state index contributed by atoms with van der Waals surface area (Å²) in [5.74, 6) is 0.761. The van der Waals surface area contributed by atoms with Crippen molar-refractivity contribution in [2.45, 2.75) is 51.5 Å². The van der Waals surface area contributed by atoms with Crippen molar-refractivity contribution >= 4 is 5.97 Å². The molecule has 0 amide bonds. The van der Waals surface area contributed by atoms with Crippen LogP contribution in [0.4, 0.5) is 0 Å². The third-order valence-corrected chi connectivity index (χ3v) is 6.48. The zero-order chi connectivity index (χ0) is 26.7. The number of allylic oxidation sites excluding steroid dienone is 2. The van der Waals surface area contributed by atoms with Crippen molar-refractivity contribution in [3.63, 3.8) is 0 Å². The second-order valence-electron chi connectivity index (χ2n) is 9.26. The first kappa shape index (κ1) is 28.4. The summed E-state index contributed by atoms with van der Waals surface area (Å²) in [6.07, 6.45) is 8.23. The van der Waals surface area contributed by atoms with Crippen LogP contribution in [0.5, 0.6) is 11.5 Å². The number of para-hydroxylation sites is 1. The Morgan fingerprint density at radius 2 is 1.73 bits per heavy atom. The van der Waals surface area contributed by atoms with Gasteiger partial charge in [0.25, 0.3) is 0 Å². The van der Waals surface area contributed by atoms with Crippen LogP contribution >= 0.6 is 0 Å². The van der Waals surface area contributed by atoms with E-state index in [1.54, 1.807) is 6.92 Å². The predicted molar refractivity (Wildman–Crippen MR) is 143 cm³/mol. The SMILES string of the molecule is CCOC(=O)COc1ccc(C[C@@H](C)N(C[C@H](O)COc2ccccc2)C2(O)C=CC=C[C@H]2CC)cc1. The van der Waals surface area contributed by atoms with Gasteiger partial charge >= 0.3 is 5.97 Å². The Morgan fingerprint density at radius 1 is 1.03 bits per heavy atom. The van der Waals surface area contributed by atoms with Crippen LogP contribution in [0, 0.1) is 5.92 Å². The lowest BCUT2D eigenvalue weighted by Gasteiger charge is -2.47. The molecule has 0 spiro atoms. The summed E-state index contributed by atoms with van der Waals surface area (Å²) in [6.45, 7) is 6.39. The maximum atomic E-state index is 11.9. The molecule has 0 saturated carbocycles. The van der Waals surface area contributed by atoms with Crippen molar-refractivity contribution in [2.24, 2.45) is 5.92 Å². The van der Waals surface area contributed by atoms with Crippen molar-refractivity contribution in [3.05, 3.63) is 84.5 Å². The number of hydrogen-bond donors (Lipinski definition) is 2. The summed E-state index contributed by atoms with van der Waals surface area (Å²) < 4.78 is 16.2. The Balaban J connectivity index is 1.70. The number of hydrogen-bond acceptors (Lipinski definition) is 7. The van der Waals surface area contributed by atoms with E-state index in [2.05, 4.69) is 0 Å². The molecule has 2 aromatic carbocycles. The number of carbonyl (C=O) groups is 1. The average molecular weight is 510 g/mol. The van der Waals surface area contributed by atoms with Gasteiger partial charge in [-0.15, -0.1) is 0 Å². The molecule has 1 aliphatic rings. The second-order valence-corrected chi connectivity index (χ2v) is 9.26. The van der Waals surface area contributed by atoms with Crippen LogP contribution in [0.15, 0.2) is 78.9 Å². The number of esters is 1. The van der Waals surface area contributed by atoms with Gasteiger partial charge in [0.1, 0.15) is 29.9 Å². The van der Waals surface area contributed by atoms with Crippen molar-refractivity contribution in [3.8, 4) is 11.5 Å². The molecule has 0 saturated heterocycles. The van der Waals surface area contributed by atoms with Gasteiger partial charge in [0, 0.05) is 18.5 Å². The van der Waals surface area contributed by atoms with Gasteiger partial charge in [-0.05, 0) is 62.6 Å². The number of aliphatic hydroxyl groups is 2. The van der Waals surface area contributed by atoms with Crippen molar-refractivity contribution in [1.82, 2.24) is 4.90 Å². The topological polar surface area (TPSA) is 88.5 Å². The summed E-state index contributed by atoms with van der Waals surface area (Å²) in [5.41, 5.74) is -0.192. The monoisotopic (exact) mass is 509 g/mol. The molecular weight excluding hydrogens is 470 g/mol. The summed E-state index contributed by atoms with van der Waals surface area (Å²) in [4.78, 5) is 13.5. The molecule has 3 rings (SSSR count). The van der Waals surface area contributed by atoms with Gasteiger partial charge in [0.05, 0.1) is 6.61 Å². The third-order valence-electron chi connectivity index (χ3n) is 6.48. The van der Waals surface area contributed by atoms with Crippen LogP contribution in [0.2, 0.25) is 0 Å². The highest BCUT2D eigenvalue weighted by Gasteiger charge is 2.42. The minimum Gasteiger partial charge on any atom is -0.491 e. The fourth-order valence-electron chi connectivity index (χ4n) is 4.59. The van der Waals surface area contributed by atoms with Crippen molar-refractivity contribution in [2.75, 3.05) is 26.4 Å². The van der Waals surface area contributed by atoms with E-state index in [1.807, 2.05) is 97.6 Å². The van der Waals surface area contributed by atoms with Gasteiger partial charge in [0.2, 0.25) is 0 Å². The maximum Gasteiger partial charge on any atom is 0.344 e. The highest BCUT2D eigenvalue weighted by molar-refractivity contribution is 5.71.